The van der Waals surface area contributed by atoms with Crippen molar-refractivity contribution in [3.8, 4) is 0 Å². The second kappa shape index (κ2) is 7.21. The van der Waals surface area contributed by atoms with Gasteiger partial charge in [-0.25, -0.2) is 0 Å². The zero-order chi connectivity index (χ0) is 15.2. The van der Waals surface area contributed by atoms with Crippen LogP contribution in [-0.2, 0) is 16.1 Å². The normalized spacial score (nSPS) is 22.0. The molecule has 0 radical (unpaired) electrons. The minimum absolute atomic E-state index is 0.0226. The zero-order valence-electron chi connectivity index (χ0n) is 12.0. The summed E-state index contributed by atoms with van der Waals surface area (Å²) in [6.45, 7) is 0.603. The summed E-state index contributed by atoms with van der Waals surface area (Å²) >= 11 is 0. The number of carboxylic acids is 1. The molecule has 2 rings (SSSR count). The SMILES string of the molecule is COCc1cc(C(=O)NCC2CCCCC2C(=O)O)no1. The Labute approximate surface area is 122 Å². The Morgan fingerprint density at radius 2 is 2.24 bits per heavy atom. The Kier molecular flexibility index (Phi) is 5.32. The highest BCUT2D eigenvalue weighted by atomic mass is 16.5. The Morgan fingerprint density at radius 1 is 1.48 bits per heavy atom. The molecule has 1 aliphatic rings. The van der Waals surface area contributed by atoms with Gasteiger partial charge in [-0.05, 0) is 18.8 Å². The van der Waals surface area contributed by atoms with Crippen LogP contribution in [0.2, 0.25) is 0 Å². The van der Waals surface area contributed by atoms with E-state index >= 15 is 0 Å². The molecular formula is C14H20N2O5. The number of amides is 1. The molecule has 7 heteroatoms. The maximum absolute atomic E-state index is 12.0. The minimum Gasteiger partial charge on any atom is -0.481 e. The first kappa shape index (κ1) is 15.5. The van der Waals surface area contributed by atoms with E-state index in [2.05, 4.69) is 10.5 Å². The maximum Gasteiger partial charge on any atom is 0.306 e. The lowest BCUT2D eigenvalue weighted by Gasteiger charge is -2.28. The molecule has 0 bridgehead atoms. The summed E-state index contributed by atoms with van der Waals surface area (Å²) in [5.74, 6) is -1.05. The van der Waals surface area contributed by atoms with E-state index in [-0.39, 0.29) is 30.0 Å². The number of carboxylic acid groups (broad SMARTS) is 1. The fourth-order valence-corrected chi connectivity index (χ4v) is 2.72. The largest absolute Gasteiger partial charge is 0.481 e. The quantitative estimate of drug-likeness (QED) is 0.823. The van der Waals surface area contributed by atoms with E-state index in [9.17, 15) is 14.7 Å². The fraction of sp³-hybridized carbons (Fsp3) is 0.643. The van der Waals surface area contributed by atoms with Gasteiger partial charge in [0.25, 0.3) is 5.91 Å². The van der Waals surface area contributed by atoms with Crippen LogP contribution in [0.5, 0.6) is 0 Å². The van der Waals surface area contributed by atoms with Crippen LogP contribution in [0.25, 0.3) is 0 Å². The molecule has 0 saturated heterocycles. The number of rotatable bonds is 6. The number of hydrogen-bond acceptors (Lipinski definition) is 5. The molecule has 1 amide bonds. The third-order valence-corrected chi connectivity index (χ3v) is 3.83. The van der Waals surface area contributed by atoms with Crippen molar-refractivity contribution in [1.29, 1.82) is 0 Å². The first-order chi connectivity index (χ1) is 10.1. The molecule has 21 heavy (non-hydrogen) atoms. The van der Waals surface area contributed by atoms with E-state index in [1.807, 2.05) is 0 Å². The molecule has 0 spiro atoms. The van der Waals surface area contributed by atoms with Gasteiger partial charge < -0.3 is 19.7 Å². The number of methoxy groups -OCH3 is 1. The van der Waals surface area contributed by atoms with Crippen LogP contribution in [0.15, 0.2) is 10.6 Å². The van der Waals surface area contributed by atoms with Crippen molar-refractivity contribution in [3.05, 3.63) is 17.5 Å². The first-order valence-corrected chi connectivity index (χ1v) is 7.07. The third-order valence-electron chi connectivity index (χ3n) is 3.83. The van der Waals surface area contributed by atoms with Crippen molar-refractivity contribution in [2.24, 2.45) is 11.8 Å². The van der Waals surface area contributed by atoms with Crippen LogP contribution in [0, 0.1) is 11.8 Å². The summed E-state index contributed by atoms with van der Waals surface area (Å²) in [6, 6.07) is 1.52. The molecule has 1 saturated carbocycles. The topological polar surface area (TPSA) is 102 Å². The van der Waals surface area contributed by atoms with Crippen molar-refractivity contribution in [2.45, 2.75) is 32.3 Å². The molecule has 1 aromatic rings. The molecule has 1 heterocycles. The lowest BCUT2D eigenvalue weighted by Crippen LogP contribution is -2.37. The second-order valence-electron chi connectivity index (χ2n) is 5.31. The molecule has 2 atom stereocenters. The van der Waals surface area contributed by atoms with Gasteiger partial charge in [0, 0.05) is 19.7 Å². The van der Waals surface area contributed by atoms with Crippen LogP contribution >= 0.6 is 0 Å². The number of aliphatic carboxylic acids is 1. The highest BCUT2D eigenvalue weighted by Crippen LogP contribution is 2.29. The summed E-state index contributed by atoms with van der Waals surface area (Å²) in [7, 11) is 1.53. The minimum atomic E-state index is -0.780. The average Bonchev–Trinajstić information content (AvgIpc) is 2.94. The van der Waals surface area contributed by atoms with Crippen molar-refractivity contribution in [1.82, 2.24) is 10.5 Å². The summed E-state index contributed by atoms with van der Waals surface area (Å²) in [5, 5.41) is 15.6. The molecule has 2 unspecified atom stereocenters. The van der Waals surface area contributed by atoms with Crippen molar-refractivity contribution >= 4 is 11.9 Å². The summed E-state index contributed by atoms with van der Waals surface area (Å²) in [5.41, 5.74) is 0.185. The lowest BCUT2D eigenvalue weighted by atomic mass is 9.79. The van der Waals surface area contributed by atoms with Crippen molar-refractivity contribution in [3.63, 3.8) is 0 Å². The molecule has 116 valence electrons. The first-order valence-electron chi connectivity index (χ1n) is 7.07. The molecule has 0 aromatic carbocycles. The molecule has 7 nitrogen and oxygen atoms in total. The Balaban J connectivity index is 1.88. The van der Waals surface area contributed by atoms with E-state index in [1.165, 1.54) is 13.2 Å². The highest BCUT2D eigenvalue weighted by Gasteiger charge is 2.31. The van der Waals surface area contributed by atoms with Crippen LogP contribution in [0.4, 0.5) is 0 Å². The lowest BCUT2D eigenvalue weighted by molar-refractivity contribution is -0.144. The molecular weight excluding hydrogens is 276 g/mol. The highest BCUT2D eigenvalue weighted by molar-refractivity contribution is 5.92. The number of aromatic nitrogens is 1. The van der Waals surface area contributed by atoms with Crippen LogP contribution in [-0.4, -0.2) is 35.8 Å². The smallest absolute Gasteiger partial charge is 0.306 e. The number of carbonyl (C=O) groups excluding carboxylic acids is 1. The van der Waals surface area contributed by atoms with Gasteiger partial charge in [0.15, 0.2) is 11.5 Å². The van der Waals surface area contributed by atoms with E-state index in [0.29, 0.717) is 18.7 Å². The Morgan fingerprint density at radius 3 is 2.95 bits per heavy atom. The Hall–Kier alpha value is -1.89. The summed E-state index contributed by atoms with van der Waals surface area (Å²) in [6.07, 6.45) is 3.44. The average molecular weight is 296 g/mol. The number of hydrogen-bond donors (Lipinski definition) is 2. The van der Waals surface area contributed by atoms with Gasteiger partial charge in [-0.2, -0.15) is 0 Å². The van der Waals surface area contributed by atoms with Gasteiger partial charge in [-0.1, -0.05) is 18.0 Å². The molecule has 1 aliphatic carbocycles. The van der Waals surface area contributed by atoms with Gasteiger partial charge in [0.1, 0.15) is 6.61 Å². The van der Waals surface area contributed by atoms with E-state index in [1.54, 1.807) is 0 Å². The third kappa shape index (κ3) is 4.04. The van der Waals surface area contributed by atoms with Crippen LogP contribution in [0.1, 0.15) is 41.9 Å². The number of carbonyl (C=O) groups is 2. The predicted molar refractivity (Wildman–Crippen MR) is 72.6 cm³/mol. The van der Waals surface area contributed by atoms with Gasteiger partial charge in [0.2, 0.25) is 0 Å². The Bertz CT molecular complexity index is 499. The maximum atomic E-state index is 12.0. The van der Waals surface area contributed by atoms with Gasteiger partial charge in [-0.15, -0.1) is 0 Å². The number of nitrogens with one attached hydrogen (secondary N) is 1. The molecule has 0 aliphatic heterocycles. The van der Waals surface area contributed by atoms with E-state index < -0.39 is 5.97 Å². The molecule has 2 N–H and O–H groups in total. The standard InChI is InChI=1S/C14H20N2O5/c1-20-8-10-6-12(16-21-10)13(17)15-7-9-4-2-3-5-11(9)14(18)19/h6,9,11H,2-5,7-8H2,1H3,(H,15,17)(H,18,19). The molecule has 1 aromatic heterocycles. The van der Waals surface area contributed by atoms with E-state index in [0.717, 1.165) is 19.3 Å². The van der Waals surface area contributed by atoms with Crippen molar-refractivity contribution in [2.75, 3.05) is 13.7 Å². The van der Waals surface area contributed by atoms with E-state index in [4.69, 9.17) is 9.26 Å². The summed E-state index contributed by atoms with van der Waals surface area (Å²) in [4.78, 5) is 23.2. The number of ether oxygens (including phenoxy) is 1. The monoisotopic (exact) mass is 296 g/mol. The molecule has 1 fully saturated rings. The van der Waals surface area contributed by atoms with Gasteiger partial charge in [0.05, 0.1) is 5.92 Å². The van der Waals surface area contributed by atoms with Crippen LogP contribution < -0.4 is 5.32 Å². The zero-order valence-corrected chi connectivity index (χ0v) is 12.0. The number of nitrogens with zero attached hydrogens (tertiary/aromatic N) is 1. The van der Waals surface area contributed by atoms with Crippen molar-refractivity contribution < 1.29 is 24.0 Å². The predicted octanol–water partition coefficient (Wildman–Crippen LogP) is 1.44. The fourth-order valence-electron chi connectivity index (χ4n) is 2.72. The van der Waals surface area contributed by atoms with Gasteiger partial charge in [-0.3, -0.25) is 9.59 Å². The summed E-state index contributed by atoms with van der Waals surface area (Å²) < 4.78 is 9.83. The van der Waals surface area contributed by atoms with Crippen LogP contribution in [0.3, 0.4) is 0 Å². The second-order valence-corrected chi connectivity index (χ2v) is 5.31. The van der Waals surface area contributed by atoms with Gasteiger partial charge >= 0.3 is 5.97 Å².